The number of carboxylic acids is 1. The molecule has 0 saturated carbocycles. The van der Waals surface area contributed by atoms with Crippen LogP contribution in [0.15, 0.2) is 60.7 Å². The predicted molar refractivity (Wildman–Crippen MR) is 161 cm³/mol. The van der Waals surface area contributed by atoms with E-state index in [0.29, 0.717) is 24.7 Å². The van der Waals surface area contributed by atoms with Crippen molar-refractivity contribution in [1.29, 1.82) is 0 Å². The molecular weight excluding hydrogens is 594 g/mol. The molecule has 13 heteroatoms. The van der Waals surface area contributed by atoms with Crippen LogP contribution < -0.4 is 15.5 Å². The molecule has 2 heterocycles. The quantitative estimate of drug-likeness (QED) is 0.183. The highest BCUT2D eigenvalue weighted by molar-refractivity contribution is 6.13. The first-order chi connectivity index (χ1) is 21.4. The molecule has 0 unspecified atom stereocenters. The molecule has 1 saturated heterocycles. The molecule has 3 aromatic carbocycles. The highest BCUT2D eigenvalue weighted by Gasteiger charge is 2.31. The Kier molecular flexibility index (Phi) is 9.07. The van der Waals surface area contributed by atoms with Crippen LogP contribution in [0.25, 0.3) is 10.9 Å². The van der Waals surface area contributed by atoms with Crippen molar-refractivity contribution in [3.05, 3.63) is 83.3 Å². The molecule has 236 valence electrons. The van der Waals surface area contributed by atoms with E-state index in [-0.39, 0.29) is 39.1 Å². The lowest BCUT2D eigenvalue weighted by Gasteiger charge is -2.34. The summed E-state index contributed by atoms with van der Waals surface area (Å²) in [4.78, 5) is 40.3. The molecule has 1 fully saturated rings. The first-order valence-electron chi connectivity index (χ1n) is 14.5. The van der Waals surface area contributed by atoms with Gasteiger partial charge in [0.2, 0.25) is 0 Å². The SMILES string of the molecule is CCC1CCN(c2ccc(C(=O)Nc3ccc(F)cc3CC(=O)O)cc2NC(=O)c2nn(CC(F)(F)F)c3ccccc23)CC1. The number of para-hydroxylation sites is 1. The molecule has 0 spiro atoms. The number of hydrogen-bond acceptors (Lipinski definition) is 5. The third-order valence-corrected chi connectivity index (χ3v) is 7.90. The van der Waals surface area contributed by atoms with Crippen LogP contribution in [0.3, 0.4) is 0 Å². The monoisotopic (exact) mass is 625 g/mol. The second kappa shape index (κ2) is 13.0. The number of halogens is 4. The van der Waals surface area contributed by atoms with Crippen molar-refractivity contribution < 1.29 is 37.1 Å². The van der Waals surface area contributed by atoms with Crippen LogP contribution in [-0.4, -0.2) is 51.9 Å². The number of carbonyl (C=O) groups is 3. The van der Waals surface area contributed by atoms with E-state index in [1.807, 2.05) is 0 Å². The number of amides is 2. The van der Waals surface area contributed by atoms with Gasteiger partial charge in [0.05, 0.1) is 23.3 Å². The Morgan fingerprint density at radius 3 is 2.36 bits per heavy atom. The summed E-state index contributed by atoms with van der Waals surface area (Å²) in [6, 6.07) is 14.2. The van der Waals surface area contributed by atoms with E-state index >= 15 is 0 Å². The van der Waals surface area contributed by atoms with Crippen LogP contribution in [-0.2, 0) is 17.8 Å². The normalized spacial score (nSPS) is 14.0. The van der Waals surface area contributed by atoms with Gasteiger partial charge in [-0.15, -0.1) is 0 Å². The second-order valence-corrected chi connectivity index (χ2v) is 11.0. The van der Waals surface area contributed by atoms with Crippen molar-refractivity contribution in [2.45, 2.75) is 45.3 Å². The standard InChI is InChI=1S/C32H31F4N5O4/c1-2-19-11-13-40(14-12-19)27-10-7-20(30(44)37-24-9-8-22(33)15-21(24)17-28(42)43)16-25(27)38-31(45)29-23-5-3-4-6-26(23)41(39-29)18-32(34,35)36/h3-10,15-16,19H,2,11-14,17-18H2,1H3,(H,37,44)(H,38,45)(H,42,43). The highest BCUT2D eigenvalue weighted by Crippen LogP contribution is 2.33. The minimum absolute atomic E-state index is 0.0705. The smallest absolute Gasteiger partial charge is 0.408 e. The molecule has 1 aliphatic rings. The van der Waals surface area contributed by atoms with E-state index in [4.69, 9.17) is 0 Å². The minimum atomic E-state index is -4.56. The van der Waals surface area contributed by atoms with Gasteiger partial charge in [0, 0.05) is 29.7 Å². The molecule has 9 nitrogen and oxygen atoms in total. The van der Waals surface area contributed by atoms with Gasteiger partial charge in [-0.05, 0) is 66.8 Å². The van der Waals surface area contributed by atoms with Gasteiger partial charge in [0.15, 0.2) is 5.69 Å². The summed E-state index contributed by atoms with van der Waals surface area (Å²) in [6.45, 7) is 2.15. The van der Waals surface area contributed by atoms with E-state index < -0.39 is 42.7 Å². The number of nitrogens with zero attached hydrogens (tertiary/aromatic N) is 3. The topological polar surface area (TPSA) is 117 Å². The summed E-state index contributed by atoms with van der Waals surface area (Å²) in [7, 11) is 0. The lowest BCUT2D eigenvalue weighted by Crippen LogP contribution is -2.34. The first kappa shape index (κ1) is 31.5. The molecule has 4 aromatic rings. The summed E-state index contributed by atoms with van der Waals surface area (Å²) < 4.78 is 54.4. The molecule has 1 aromatic heterocycles. The number of nitrogens with one attached hydrogen (secondary N) is 2. The number of benzene rings is 3. The van der Waals surface area contributed by atoms with Gasteiger partial charge in [0.1, 0.15) is 12.4 Å². The number of alkyl halides is 3. The van der Waals surface area contributed by atoms with Crippen molar-refractivity contribution in [3.63, 3.8) is 0 Å². The fourth-order valence-electron chi connectivity index (χ4n) is 5.59. The lowest BCUT2D eigenvalue weighted by atomic mass is 9.94. The largest absolute Gasteiger partial charge is 0.481 e. The maximum absolute atomic E-state index is 13.8. The van der Waals surface area contributed by atoms with Crippen LogP contribution in [0.1, 0.15) is 52.6 Å². The number of aliphatic carboxylic acids is 1. The Hall–Kier alpha value is -4.94. The summed E-state index contributed by atoms with van der Waals surface area (Å²) >= 11 is 0. The number of carbonyl (C=O) groups excluding carboxylic acids is 2. The molecule has 1 aliphatic heterocycles. The van der Waals surface area contributed by atoms with E-state index in [9.17, 15) is 37.1 Å². The number of piperidine rings is 1. The number of carboxylic acid groups (broad SMARTS) is 1. The number of anilines is 3. The maximum atomic E-state index is 13.8. The fourth-order valence-corrected chi connectivity index (χ4v) is 5.59. The minimum Gasteiger partial charge on any atom is -0.481 e. The van der Waals surface area contributed by atoms with Gasteiger partial charge < -0.3 is 20.6 Å². The molecule has 45 heavy (non-hydrogen) atoms. The summed E-state index contributed by atoms with van der Waals surface area (Å²) in [5, 5.41) is 18.8. The van der Waals surface area contributed by atoms with Gasteiger partial charge in [-0.1, -0.05) is 31.5 Å². The van der Waals surface area contributed by atoms with Gasteiger partial charge >= 0.3 is 12.1 Å². The number of rotatable bonds is 9. The number of fused-ring (bicyclic) bond motifs is 1. The van der Waals surface area contributed by atoms with E-state index in [0.717, 1.165) is 36.1 Å². The van der Waals surface area contributed by atoms with Crippen molar-refractivity contribution in [3.8, 4) is 0 Å². The molecule has 2 amide bonds. The van der Waals surface area contributed by atoms with E-state index in [1.54, 1.807) is 24.3 Å². The Morgan fingerprint density at radius 1 is 0.956 bits per heavy atom. The highest BCUT2D eigenvalue weighted by atomic mass is 19.4. The molecule has 0 aliphatic carbocycles. The molecular formula is C32H31F4N5O4. The van der Waals surface area contributed by atoms with E-state index in [1.165, 1.54) is 24.3 Å². The molecule has 5 rings (SSSR count). The Labute approximate surface area is 255 Å². The summed E-state index contributed by atoms with van der Waals surface area (Å²) in [6.07, 6.45) is -2.18. The molecule has 3 N–H and O–H groups in total. The third-order valence-electron chi connectivity index (χ3n) is 7.90. The Morgan fingerprint density at radius 2 is 1.67 bits per heavy atom. The fraction of sp³-hybridized carbons (Fsp3) is 0.312. The maximum Gasteiger partial charge on any atom is 0.408 e. The van der Waals surface area contributed by atoms with Crippen molar-refractivity contribution in [1.82, 2.24) is 9.78 Å². The predicted octanol–water partition coefficient (Wildman–Crippen LogP) is 6.50. The van der Waals surface area contributed by atoms with Gasteiger partial charge in [0.25, 0.3) is 11.8 Å². The van der Waals surface area contributed by atoms with Crippen LogP contribution in [0.4, 0.5) is 34.6 Å². The van der Waals surface area contributed by atoms with Gasteiger partial charge in [-0.3, -0.25) is 19.1 Å². The van der Waals surface area contributed by atoms with E-state index in [2.05, 4.69) is 27.6 Å². The van der Waals surface area contributed by atoms with Gasteiger partial charge in [-0.25, -0.2) is 4.39 Å². The number of hydrogen-bond donors (Lipinski definition) is 3. The van der Waals surface area contributed by atoms with Crippen molar-refractivity contribution in [2.24, 2.45) is 5.92 Å². The lowest BCUT2D eigenvalue weighted by molar-refractivity contribution is -0.142. The van der Waals surface area contributed by atoms with Crippen LogP contribution in [0.2, 0.25) is 0 Å². The van der Waals surface area contributed by atoms with Crippen LogP contribution in [0, 0.1) is 11.7 Å². The Bertz CT molecular complexity index is 1750. The van der Waals surface area contributed by atoms with Crippen molar-refractivity contribution >= 4 is 45.7 Å². The molecule has 0 bridgehead atoms. The zero-order valence-electron chi connectivity index (χ0n) is 24.3. The van der Waals surface area contributed by atoms with Crippen LogP contribution in [0.5, 0.6) is 0 Å². The third kappa shape index (κ3) is 7.41. The molecule has 0 atom stereocenters. The average Bonchev–Trinajstić information content (AvgIpc) is 3.35. The van der Waals surface area contributed by atoms with Crippen molar-refractivity contribution in [2.75, 3.05) is 28.6 Å². The summed E-state index contributed by atoms with van der Waals surface area (Å²) in [5.74, 6) is -2.70. The zero-order chi connectivity index (χ0) is 32.3. The zero-order valence-corrected chi connectivity index (χ0v) is 24.3. The average molecular weight is 626 g/mol. The van der Waals surface area contributed by atoms with Crippen LogP contribution >= 0.6 is 0 Å². The molecule has 0 radical (unpaired) electrons. The van der Waals surface area contributed by atoms with Gasteiger partial charge in [-0.2, -0.15) is 18.3 Å². The summed E-state index contributed by atoms with van der Waals surface area (Å²) in [5.41, 5.74) is 1.11. The Balaban J connectivity index is 1.49. The number of aromatic nitrogens is 2. The second-order valence-electron chi connectivity index (χ2n) is 11.0. The first-order valence-corrected chi connectivity index (χ1v) is 14.5.